The Morgan fingerprint density at radius 2 is 2.26 bits per heavy atom. The van der Waals surface area contributed by atoms with Crippen molar-refractivity contribution in [3.63, 3.8) is 0 Å². The van der Waals surface area contributed by atoms with Crippen LogP contribution >= 0.6 is 0 Å². The fourth-order valence-electron chi connectivity index (χ4n) is 1.89. The standard InChI is InChI=1S/C13H9NO5/c1-17-9-3-2-4-10-7(9)5-11(18-10)12-8(13(15)16)6-14-19-12/h2-6H,1H3,(H,15,16). The molecule has 3 rings (SSSR count). The largest absolute Gasteiger partial charge is 0.496 e. The molecule has 0 fully saturated rings. The van der Waals surface area contributed by atoms with Gasteiger partial charge in [-0.15, -0.1) is 0 Å². The predicted octanol–water partition coefficient (Wildman–Crippen LogP) is 2.79. The summed E-state index contributed by atoms with van der Waals surface area (Å²) in [4.78, 5) is 11.0. The molecule has 0 atom stereocenters. The fraction of sp³-hybridized carbons (Fsp3) is 0.0769. The Bertz CT molecular complexity index is 755. The van der Waals surface area contributed by atoms with E-state index < -0.39 is 5.97 Å². The molecule has 3 aromatic rings. The molecule has 2 heterocycles. The predicted molar refractivity (Wildman–Crippen MR) is 65.2 cm³/mol. The van der Waals surface area contributed by atoms with Crippen molar-refractivity contribution in [2.45, 2.75) is 0 Å². The number of aromatic carboxylic acids is 1. The van der Waals surface area contributed by atoms with Gasteiger partial charge in [-0.25, -0.2) is 4.79 Å². The maximum Gasteiger partial charge on any atom is 0.341 e. The SMILES string of the molecule is COc1cccc2oc(-c3oncc3C(=O)O)cc12. The van der Waals surface area contributed by atoms with Crippen molar-refractivity contribution in [1.29, 1.82) is 0 Å². The third-order valence-electron chi connectivity index (χ3n) is 2.77. The lowest BCUT2D eigenvalue weighted by Crippen LogP contribution is -1.95. The number of rotatable bonds is 3. The molecule has 0 spiro atoms. The summed E-state index contributed by atoms with van der Waals surface area (Å²) in [5, 5.41) is 13.3. The first-order valence-electron chi connectivity index (χ1n) is 5.45. The summed E-state index contributed by atoms with van der Waals surface area (Å²) in [7, 11) is 1.55. The van der Waals surface area contributed by atoms with Gasteiger partial charge in [-0.1, -0.05) is 11.2 Å². The van der Waals surface area contributed by atoms with Crippen molar-refractivity contribution < 1.29 is 23.6 Å². The van der Waals surface area contributed by atoms with E-state index in [1.165, 1.54) is 0 Å². The number of carboxylic acid groups (broad SMARTS) is 1. The lowest BCUT2D eigenvalue weighted by molar-refractivity contribution is 0.0697. The lowest BCUT2D eigenvalue weighted by Gasteiger charge is -1.98. The molecular formula is C13H9NO5. The van der Waals surface area contributed by atoms with E-state index in [0.29, 0.717) is 17.1 Å². The minimum atomic E-state index is -1.12. The molecule has 0 aliphatic heterocycles. The normalized spacial score (nSPS) is 10.8. The number of methoxy groups -OCH3 is 1. The van der Waals surface area contributed by atoms with Crippen LogP contribution in [0.25, 0.3) is 22.5 Å². The highest BCUT2D eigenvalue weighted by Crippen LogP contribution is 2.34. The van der Waals surface area contributed by atoms with Crippen LogP contribution in [-0.2, 0) is 0 Å². The van der Waals surface area contributed by atoms with Crippen LogP contribution in [-0.4, -0.2) is 23.3 Å². The minimum absolute atomic E-state index is 0.0435. The van der Waals surface area contributed by atoms with Gasteiger partial charge in [0.15, 0.2) is 5.76 Å². The number of carboxylic acids is 1. The van der Waals surface area contributed by atoms with E-state index in [4.69, 9.17) is 18.8 Å². The molecule has 0 aliphatic carbocycles. The number of furan rings is 1. The first-order chi connectivity index (χ1) is 9.20. The second kappa shape index (κ2) is 4.16. The summed E-state index contributed by atoms with van der Waals surface area (Å²) in [5.74, 6) is -0.0901. The molecule has 0 aliphatic rings. The lowest BCUT2D eigenvalue weighted by atomic mass is 10.2. The Balaban J connectivity index is 2.21. The average Bonchev–Trinajstić information content (AvgIpc) is 3.03. The number of hydrogen-bond donors (Lipinski definition) is 1. The molecule has 0 unspecified atom stereocenters. The summed E-state index contributed by atoms with van der Waals surface area (Å²) in [6, 6.07) is 7.01. The Kier molecular flexibility index (Phi) is 2.49. The molecular weight excluding hydrogens is 250 g/mol. The molecule has 0 saturated heterocycles. The van der Waals surface area contributed by atoms with Gasteiger partial charge in [-0.2, -0.15) is 0 Å². The summed E-state index contributed by atoms with van der Waals surface area (Å²) in [6.07, 6.45) is 1.14. The van der Waals surface area contributed by atoms with Crippen LogP contribution in [0.15, 0.2) is 39.4 Å². The number of carbonyl (C=O) groups is 1. The van der Waals surface area contributed by atoms with Gasteiger partial charge < -0.3 is 18.8 Å². The van der Waals surface area contributed by atoms with Gasteiger partial charge in [-0.3, -0.25) is 0 Å². The maximum absolute atomic E-state index is 11.0. The Labute approximate surface area is 107 Å². The van der Waals surface area contributed by atoms with Crippen LogP contribution in [0.1, 0.15) is 10.4 Å². The van der Waals surface area contributed by atoms with Crippen LogP contribution in [0.5, 0.6) is 5.75 Å². The van der Waals surface area contributed by atoms with E-state index in [1.807, 2.05) is 0 Å². The zero-order valence-electron chi connectivity index (χ0n) is 9.91. The summed E-state index contributed by atoms with van der Waals surface area (Å²) in [5.41, 5.74) is 0.542. The number of hydrogen-bond acceptors (Lipinski definition) is 5. The third kappa shape index (κ3) is 1.74. The maximum atomic E-state index is 11.0. The van der Waals surface area contributed by atoms with E-state index in [-0.39, 0.29) is 11.3 Å². The topological polar surface area (TPSA) is 85.7 Å². The molecule has 96 valence electrons. The summed E-state index contributed by atoms with van der Waals surface area (Å²) in [6.45, 7) is 0. The molecule has 0 bridgehead atoms. The average molecular weight is 259 g/mol. The Morgan fingerprint density at radius 1 is 1.42 bits per heavy atom. The van der Waals surface area contributed by atoms with Crippen LogP contribution < -0.4 is 4.74 Å². The Hall–Kier alpha value is -2.76. The molecule has 19 heavy (non-hydrogen) atoms. The van der Waals surface area contributed by atoms with Gasteiger partial charge >= 0.3 is 5.97 Å². The summed E-state index contributed by atoms with van der Waals surface area (Å²) >= 11 is 0. The van der Waals surface area contributed by atoms with Crippen molar-refractivity contribution in [3.8, 4) is 17.3 Å². The van der Waals surface area contributed by atoms with Crippen molar-refractivity contribution in [2.75, 3.05) is 7.11 Å². The quantitative estimate of drug-likeness (QED) is 0.778. The second-order valence-corrected chi connectivity index (χ2v) is 3.86. The van der Waals surface area contributed by atoms with Crippen LogP contribution in [0, 0.1) is 0 Å². The van der Waals surface area contributed by atoms with E-state index in [0.717, 1.165) is 11.6 Å². The molecule has 6 heteroatoms. The number of nitrogens with zero attached hydrogens (tertiary/aromatic N) is 1. The van der Waals surface area contributed by atoms with Gasteiger partial charge in [0, 0.05) is 0 Å². The molecule has 2 aromatic heterocycles. The second-order valence-electron chi connectivity index (χ2n) is 3.86. The zero-order valence-corrected chi connectivity index (χ0v) is 9.91. The first kappa shape index (κ1) is 11.3. The first-order valence-corrected chi connectivity index (χ1v) is 5.45. The zero-order chi connectivity index (χ0) is 13.4. The number of benzene rings is 1. The van der Waals surface area contributed by atoms with Crippen molar-refractivity contribution in [3.05, 3.63) is 36.0 Å². The van der Waals surface area contributed by atoms with E-state index in [1.54, 1.807) is 31.4 Å². The van der Waals surface area contributed by atoms with Crippen molar-refractivity contribution in [1.82, 2.24) is 5.16 Å². The van der Waals surface area contributed by atoms with Gasteiger partial charge in [0.1, 0.15) is 16.9 Å². The molecule has 0 amide bonds. The highest BCUT2D eigenvalue weighted by atomic mass is 16.5. The fourth-order valence-corrected chi connectivity index (χ4v) is 1.89. The molecule has 0 saturated carbocycles. The monoisotopic (exact) mass is 259 g/mol. The van der Waals surface area contributed by atoms with Crippen LogP contribution in [0.4, 0.5) is 0 Å². The van der Waals surface area contributed by atoms with E-state index >= 15 is 0 Å². The van der Waals surface area contributed by atoms with Gasteiger partial charge in [0.05, 0.1) is 18.7 Å². The van der Waals surface area contributed by atoms with Crippen molar-refractivity contribution >= 4 is 16.9 Å². The molecule has 0 radical (unpaired) electrons. The minimum Gasteiger partial charge on any atom is -0.496 e. The molecule has 1 aromatic carbocycles. The van der Waals surface area contributed by atoms with Gasteiger partial charge in [0.25, 0.3) is 0 Å². The highest BCUT2D eigenvalue weighted by Gasteiger charge is 2.21. The molecule has 6 nitrogen and oxygen atoms in total. The van der Waals surface area contributed by atoms with Gasteiger partial charge in [-0.05, 0) is 18.2 Å². The van der Waals surface area contributed by atoms with Crippen LogP contribution in [0.2, 0.25) is 0 Å². The number of ether oxygens (including phenoxy) is 1. The Morgan fingerprint density at radius 3 is 3.00 bits per heavy atom. The number of fused-ring (bicyclic) bond motifs is 1. The van der Waals surface area contributed by atoms with Crippen LogP contribution in [0.3, 0.4) is 0 Å². The van der Waals surface area contributed by atoms with E-state index in [2.05, 4.69) is 5.16 Å². The third-order valence-corrected chi connectivity index (χ3v) is 2.77. The smallest absolute Gasteiger partial charge is 0.341 e. The van der Waals surface area contributed by atoms with Gasteiger partial charge in [0.2, 0.25) is 5.76 Å². The molecule has 1 N–H and O–H groups in total. The number of aromatic nitrogens is 1. The highest BCUT2D eigenvalue weighted by molar-refractivity contribution is 5.95. The van der Waals surface area contributed by atoms with E-state index in [9.17, 15) is 4.79 Å². The summed E-state index contributed by atoms with van der Waals surface area (Å²) < 4.78 is 15.7. The van der Waals surface area contributed by atoms with Crippen molar-refractivity contribution in [2.24, 2.45) is 0 Å².